The van der Waals surface area contributed by atoms with E-state index in [0.29, 0.717) is 12.1 Å². The zero-order valence-electron chi connectivity index (χ0n) is 13.7. The lowest BCUT2D eigenvalue weighted by Crippen LogP contribution is -2.03. The molecular weight excluding hydrogens is 310 g/mol. The molecule has 0 aliphatic rings. The Hall–Kier alpha value is -3.52. The molecule has 3 heterocycles. The Balaban J connectivity index is 1.90. The molecule has 0 atom stereocenters. The highest BCUT2D eigenvalue weighted by Crippen LogP contribution is 2.25. The van der Waals surface area contributed by atoms with Gasteiger partial charge in [-0.25, -0.2) is 9.97 Å². The molecule has 0 aliphatic carbocycles. The Labute approximate surface area is 145 Å². The molecule has 120 valence electrons. The Morgan fingerprint density at radius 3 is 2.76 bits per heavy atom. The number of pyridine rings is 2. The van der Waals surface area contributed by atoms with Crippen LogP contribution in [0.2, 0.25) is 0 Å². The van der Waals surface area contributed by atoms with Crippen LogP contribution in [0.15, 0.2) is 61.1 Å². The number of hydrogen-bond donors (Lipinski definition) is 0. The number of hydrogen-bond acceptors (Lipinski definition) is 4. The lowest BCUT2D eigenvalue weighted by molar-refractivity contribution is 0.823. The zero-order valence-corrected chi connectivity index (χ0v) is 13.7. The molecule has 0 bridgehead atoms. The molecule has 0 aliphatic heterocycles. The van der Waals surface area contributed by atoms with Gasteiger partial charge in [-0.05, 0) is 48.4 Å². The van der Waals surface area contributed by atoms with Gasteiger partial charge in [-0.3, -0.25) is 4.98 Å². The average Bonchev–Trinajstić information content (AvgIpc) is 3.00. The highest BCUT2D eigenvalue weighted by atomic mass is 15.1. The molecule has 4 rings (SSSR count). The molecule has 0 radical (unpaired) electrons. The summed E-state index contributed by atoms with van der Waals surface area (Å²) in [5, 5.41) is 9.13. The second kappa shape index (κ2) is 6.17. The van der Waals surface area contributed by atoms with Gasteiger partial charge in [0.1, 0.15) is 11.3 Å². The molecule has 0 spiro atoms. The molecule has 5 nitrogen and oxygen atoms in total. The summed E-state index contributed by atoms with van der Waals surface area (Å²) in [5.74, 6) is 0.845. The minimum Gasteiger partial charge on any atom is -0.304 e. The van der Waals surface area contributed by atoms with Crippen molar-refractivity contribution in [3.05, 3.63) is 77.7 Å². The first kappa shape index (κ1) is 15.0. The van der Waals surface area contributed by atoms with Crippen molar-refractivity contribution in [1.82, 2.24) is 19.5 Å². The number of rotatable bonds is 3. The van der Waals surface area contributed by atoms with Crippen LogP contribution in [0.3, 0.4) is 0 Å². The van der Waals surface area contributed by atoms with Crippen molar-refractivity contribution in [2.75, 3.05) is 0 Å². The van der Waals surface area contributed by atoms with Crippen LogP contribution < -0.4 is 0 Å². The van der Waals surface area contributed by atoms with Gasteiger partial charge < -0.3 is 4.57 Å². The quantitative estimate of drug-likeness (QED) is 0.576. The summed E-state index contributed by atoms with van der Waals surface area (Å²) in [5.41, 5.74) is 5.45. The molecule has 0 unspecified atom stereocenters. The van der Waals surface area contributed by atoms with Crippen molar-refractivity contribution in [2.24, 2.45) is 0 Å². The van der Waals surface area contributed by atoms with Crippen LogP contribution in [0.5, 0.6) is 0 Å². The topological polar surface area (TPSA) is 67.4 Å². The van der Waals surface area contributed by atoms with E-state index in [1.165, 1.54) is 0 Å². The van der Waals surface area contributed by atoms with Crippen LogP contribution in [0, 0.1) is 18.3 Å². The van der Waals surface area contributed by atoms with E-state index in [1.54, 1.807) is 18.5 Å². The van der Waals surface area contributed by atoms with Gasteiger partial charge in [0.05, 0.1) is 18.2 Å². The average molecular weight is 325 g/mol. The monoisotopic (exact) mass is 325 g/mol. The lowest BCUT2D eigenvalue weighted by Gasteiger charge is -2.09. The second-order valence-electron chi connectivity index (χ2n) is 5.93. The van der Waals surface area contributed by atoms with E-state index < -0.39 is 0 Å². The summed E-state index contributed by atoms with van der Waals surface area (Å²) in [4.78, 5) is 13.5. The first-order chi connectivity index (χ1) is 12.2. The van der Waals surface area contributed by atoms with Crippen LogP contribution >= 0.6 is 0 Å². The third kappa shape index (κ3) is 2.86. The van der Waals surface area contributed by atoms with Crippen molar-refractivity contribution in [2.45, 2.75) is 13.5 Å². The number of nitriles is 1. The summed E-state index contributed by atoms with van der Waals surface area (Å²) in [7, 11) is 0. The van der Waals surface area contributed by atoms with Crippen molar-refractivity contribution in [3.8, 4) is 17.5 Å². The Kier molecular flexibility index (Phi) is 3.71. The predicted octanol–water partition coefficient (Wildman–Crippen LogP) is 3.72. The molecule has 0 N–H and O–H groups in total. The van der Waals surface area contributed by atoms with Crippen molar-refractivity contribution in [1.29, 1.82) is 5.26 Å². The van der Waals surface area contributed by atoms with Gasteiger partial charge >= 0.3 is 0 Å². The van der Waals surface area contributed by atoms with Gasteiger partial charge in [0.15, 0.2) is 5.65 Å². The maximum atomic E-state index is 9.13. The van der Waals surface area contributed by atoms with E-state index in [1.807, 2.05) is 49.5 Å². The molecular formula is C20H15N5. The van der Waals surface area contributed by atoms with Gasteiger partial charge in [-0.15, -0.1) is 0 Å². The van der Waals surface area contributed by atoms with Crippen molar-refractivity contribution >= 4 is 11.2 Å². The highest BCUT2D eigenvalue weighted by Gasteiger charge is 2.14. The number of imidazole rings is 1. The molecule has 0 saturated carbocycles. The molecule has 3 aromatic heterocycles. The molecule has 5 heteroatoms. The summed E-state index contributed by atoms with van der Waals surface area (Å²) >= 11 is 0. The summed E-state index contributed by atoms with van der Waals surface area (Å²) < 4.78 is 2.08. The number of aryl methyl sites for hydroxylation is 1. The normalized spacial score (nSPS) is 10.7. The lowest BCUT2D eigenvalue weighted by atomic mass is 10.1. The van der Waals surface area contributed by atoms with Gasteiger partial charge in [-0.1, -0.05) is 12.1 Å². The fourth-order valence-corrected chi connectivity index (χ4v) is 2.90. The Morgan fingerprint density at radius 2 is 1.96 bits per heavy atom. The second-order valence-corrected chi connectivity index (χ2v) is 5.93. The van der Waals surface area contributed by atoms with Gasteiger partial charge in [0.2, 0.25) is 0 Å². The SMILES string of the molecule is Cc1cnc2c(c1)nc(-c1ccncc1)n2Cc1cccc(C#N)c1. The fraction of sp³-hybridized carbons (Fsp3) is 0.100. The van der Waals surface area contributed by atoms with Gasteiger partial charge in [0, 0.05) is 24.2 Å². The summed E-state index contributed by atoms with van der Waals surface area (Å²) in [6.07, 6.45) is 5.37. The van der Waals surface area contributed by atoms with Gasteiger partial charge in [-0.2, -0.15) is 5.26 Å². The number of benzene rings is 1. The van der Waals surface area contributed by atoms with Crippen LogP contribution in [0.4, 0.5) is 0 Å². The van der Waals surface area contributed by atoms with E-state index in [0.717, 1.165) is 33.7 Å². The Bertz CT molecular complexity index is 1090. The third-order valence-corrected chi connectivity index (χ3v) is 4.06. The van der Waals surface area contributed by atoms with Crippen LogP contribution in [0.1, 0.15) is 16.7 Å². The highest BCUT2D eigenvalue weighted by molar-refractivity contribution is 5.77. The maximum Gasteiger partial charge on any atom is 0.160 e. The van der Waals surface area contributed by atoms with Gasteiger partial charge in [0.25, 0.3) is 0 Å². The molecule has 0 fully saturated rings. The van der Waals surface area contributed by atoms with E-state index in [9.17, 15) is 0 Å². The van der Waals surface area contributed by atoms with E-state index in [-0.39, 0.29) is 0 Å². The fourth-order valence-electron chi connectivity index (χ4n) is 2.90. The number of aromatic nitrogens is 4. The Morgan fingerprint density at radius 1 is 1.12 bits per heavy atom. The molecule has 1 aromatic carbocycles. The first-order valence-electron chi connectivity index (χ1n) is 7.97. The largest absolute Gasteiger partial charge is 0.304 e. The summed E-state index contributed by atoms with van der Waals surface area (Å²) in [6.45, 7) is 2.60. The van der Waals surface area contributed by atoms with Crippen molar-refractivity contribution < 1.29 is 0 Å². The summed E-state index contributed by atoms with van der Waals surface area (Å²) in [6, 6.07) is 15.7. The van der Waals surface area contributed by atoms with E-state index in [2.05, 4.69) is 20.6 Å². The van der Waals surface area contributed by atoms with Crippen molar-refractivity contribution in [3.63, 3.8) is 0 Å². The van der Waals surface area contributed by atoms with Crippen LogP contribution in [0.25, 0.3) is 22.6 Å². The van der Waals surface area contributed by atoms with Crippen LogP contribution in [-0.2, 0) is 6.54 Å². The standard InChI is InChI=1S/C20H15N5/c1-14-9-18-20(23-12-14)25(13-16-4-2-3-15(10-16)11-21)19(24-18)17-5-7-22-8-6-17/h2-10,12H,13H2,1H3. The van der Waals surface area contributed by atoms with E-state index >= 15 is 0 Å². The zero-order chi connectivity index (χ0) is 17.2. The molecule has 25 heavy (non-hydrogen) atoms. The number of nitrogens with zero attached hydrogens (tertiary/aromatic N) is 5. The first-order valence-corrected chi connectivity index (χ1v) is 7.97. The third-order valence-electron chi connectivity index (χ3n) is 4.06. The predicted molar refractivity (Wildman–Crippen MR) is 95.8 cm³/mol. The molecule has 4 aromatic rings. The minimum absolute atomic E-state index is 0.597. The van der Waals surface area contributed by atoms with Crippen LogP contribution in [-0.4, -0.2) is 19.5 Å². The molecule has 0 amide bonds. The maximum absolute atomic E-state index is 9.13. The molecule has 0 saturated heterocycles. The smallest absolute Gasteiger partial charge is 0.160 e. The van der Waals surface area contributed by atoms with E-state index in [4.69, 9.17) is 10.2 Å². The minimum atomic E-state index is 0.597. The number of fused-ring (bicyclic) bond motifs is 1.